The van der Waals surface area contributed by atoms with Crippen LogP contribution in [0.5, 0.6) is 0 Å². The van der Waals surface area contributed by atoms with Crippen molar-refractivity contribution >= 4 is 35.5 Å². The summed E-state index contributed by atoms with van der Waals surface area (Å²) >= 11 is 0. The van der Waals surface area contributed by atoms with Gasteiger partial charge in [-0.1, -0.05) is 0 Å². The second kappa shape index (κ2) is 3.28. The zero-order valence-corrected chi connectivity index (χ0v) is 4.05. The van der Waals surface area contributed by atoms with Gasteiger partial charge in [0.25, 0.3) is 0 Å². The van der Waals surface area contributed by atoms with Gasteiger partial charge in [-0.2, -0.15) is 0 Å². The maximum atomic E-state index is 10.0. The molecular formula is C5H7NaO2. The summed E-state index contributed by atoms with van der Waals surface area (Å²) in [6, 6.07) is 0. The molecule has 0 atom stereocenters. The molecule has 1 aliphatic rings. The van der Waals surface area contributed by atoms with Crippen LogP contribution >= 0.6 is 0 Å². The van der Waals surface area contributed by atoms with E-state index < -0.39 is 0 Å². The van der Waals surface area contributed by atoms with Crippen molar-refractivity contribution in [3.8, 4) is 0 Å². The van der Waals surface area contributed by atoms with Crippen molar-refractivity contribution in [2.75, 3.05) is 0 Å². The first kappa shape index (κ1) is 8.21. The fraction of sp³-hybridized carbons (Fsp3) is 0.400. The van der Waals surface area contributed by atoms with Gasteiger partial charge in [0.1, 0.15) is 6.10 Å². The zero-order chi connectivity index (χ0) is 5.28. The SMILES string of the molecule is CC(=O)OC1C=C1.[NaH]. The van der Waals surface area contributed by atoms with E-state index in [0.29, 0.717) is 0 Å². The Bertz CT molecular complexity index is 114. The Morgan fingerprint density at radius 2 is 2.12 bits per heavy atom. The van der Waals surface area contributed by atoms with Crippen LogP contribution in [0.15, 0.2) is 12.2 Å². The van der Waals surface area contributed by atoms with Crippen molar-refractivity contribution in [2.45, 2.75) is 13.0 Å². The van der Waals surface area contributed by atoms with Gasteiger partial charge in [-0.15, -0.1) is 0 Å². The molecule has 0 fully saturated rings. The summed E-state index contributed by atoms with van der Waals surface area (Å²) in [6.45, 7) is 1.40. The zero-order valence-electron chi connectivity index (χ0n) is 4.05. The average molecular weight is 122 g/mol. The number of hydrogen-bond acceptors (Lipinski definition) is 2. The van der Waals surface area contributed by atoms with Gasteiger partial charge in [0.05, 0.1) is 0 Å². The van der Waals surface area contributed by atoms with Crippen LogP contribution in [0, 0.1) is 0 Å². The van der Waals surface area contributed by atoms with Gasteiger partial charge in [-0.05, 0) is 12.2 Å². The number of ether oxygens (including phenoxy) is 1. The molecular weight excluding hydrogens is 115 g/mol. The summed E-state index contributed by atoms with van der Waals surface area (Å²) in [5.41, 5.74) is 0. The van der Waals surface area contributed by atoms with E-state index in [2.05, 4.69) is 4.74 Å². The summed E-state index contributed by atoms with van der Waals surface area (Å²) in [5.74, 6) is -0.213. The first-order valence-electron chi connectivity index (χ1n) is 2.14. The summed E-state index contributed by atoms with van der Waals surface area (Å²) in [6.07, 6.45) is 3.67. The number of carbonyl (C=O) groups excluding carboxylic acids is 1. The molecule has 3 heteroatoms. The Balaban J connectivity index is 0.000000490. The predicted octanol–water partition coefficient (Wildman–Crippen LogP) is -0.161. The van der Waals surface area contributed by atoms with Crippen molar-refractivity contribution in [1.82, 2.24) is 0 Å². The van der Waals surface area contributed by atoms with E-state index in [1.165, 1.54) is 6.92 Å². The second-order valence-electron chi connectivity index (χ2n) is 1.46. The summed E-state index contributed by atoms with van der Waals surface area (Å²) in [5, 5.41) is 0. The standard InChI is InChI=1S/C5H6O2.Na.H/c1-4(6)7-5-2-3-5;;/h2-3,5H,1H3;;. The molecule has 0 aliphatic heterocycles. The Labute approximate surface area is 70.2 Å². The van der Waals surface area contributed by atoms with Gasteiger partial charge in [-0.3, -0.25) is 4.79 Å². The molecule has 0 unspecified atom stereocenters. The quantitative estimate of drug-likeness (QED) is 0.274. The third-order valence-electron chi connectivity index (χ3n) is 0.652. The van der Waals surface area contributed by atoms with Crippen molar-refractivity contribution in [1.29, 1.82) is 0 Å². The molecule has 8 heavy (non-hydrogen) atoms. The normalized spacial score (nSPS) is 14.6. The summed E-state index contributed by atoms with van der Waals surface area (Å²) in [7, 11) is 0. The fourth-order valence-electron chi connectivity index (χ4n) is 0.316. The fourth-order valence-corrected chi connectivity index (χ4v) is 0.316. The number of hydrogen-bond donors (Lipinski definition) is 0. The molecule has 0 N–H and O–H groups in total. The van der Waals surface area contributed by atoms with E-state index in [1.807, 2.05) is 12.2 Å². The van der Waals surface area contributed by atoms with Gasteiger partial charge in [-0.25, -0.2) is 0 Å². The molecule has 0 heterocycles. The summed E-state index contributed by atoms with van der Waals surface area (Å²) in [4.78, 5) is 10.0. The molecule has 1 rings (SSSR count). The molecule has 40 valence electrons. The van der Waals surface area contributed by atoms with E-state index in [1.54, 1.807) is 0 Å². The predicted molar refractivity (Wildman–Crippen MR) is 31.8 cm³/mol. The van der Waals surface area contributed by atoms with Crippen molar-refractivity contribution in [3.63, 3.8) is 0 Å². The molecule has 0 aromatic carbocycles. The van der Waals surface area contributed by atoms with Crippen molar-refractivity contribution < 1.29 is 9.53 Å². The van der Waals surface area contributed by atoms with Crippen LogP contribution in [0.4, 0.5) is 0 Å². The Morgan fingerprint density at radius 1 is 1.62 bits per heavy atom. The Kier molecular flexibility index (Phi) is 3.36. The Morgan fingerprint density at radius 3 is 2.25 bits per heavy atom. The molecule has 0 bridgehead atoms. The molecule has 0 amide bonds. The number of rotatable bonds is 1. The van der Waals surface area contributed by atoms with Crippen LogP contribution in [0.1, 0.15) is 6.92 Å². The number of carbonyl (C=O) groups is 1. The number of esters is 1. The van der Waals surface area contributed by atoms with Crippen molar-refractivity contribution in [3.05, 3.63) is 12.2 Å². The minimum absolute atomic E-state index is 0. The van der Waals surface area contributed by atoms with E-state index in [-0.39, 0.29) is 41.6 Å². The van der Waals surface area contributed by atoms with E-state index in [9.17, 15) is 4.79 Å². The van der Waals surface area contributed by atoms with Crippen LogP contribution in [0.25, 0.3) is 0 Å². The molecule has 0 saturated carbocycles. The first-order chi connectivity index (χ1) is 3.29. The topological polar surface area (TPSA) is 26.3 Å². The molecule has 0 radical (unpaired) electrons. The van der Waals surface area contributed by atoms with Gasteiger partial charge in [0.2, 0.25) is 0 Å². The van der Waals surface area contributed by atoms with E-state index in [4.69, 9.17) is 0 Å². The minimum atomic E-state index is -0.213. The maximum absolute atomic E-state index is 10.0. The third-order valence-corrected chi connectivity index (χ3v) is 0.652. The monoisotopic (exact) mass is 122 g/mol. The first-order valence-corrected chi connectivity index (χ1v) is 2.14. The van der Waals surface area contributed by atoms with Crippen LogP contribution in [-0.2, 0) is 9.53 Å². The van der Waals surface area contributed by atoms with Gasteiger partial charge < -0.3 is 4.74 Å². The van der Waals surface area contributed by atoms with Crippen LogP contribution in [0.3, 0.4) is 0 Å². The molecule has 0 aromatic heterocycles. The van der Waals surface area contributed by atoms with E-state index >= 15 is 0 Å². The molecule has 1 aliphatic carbocycles. The van der Waals surface area contributed by atoms with E-state index in [0.717, 1.165) is 0 Å². The third kappa shape index (κ3) is 3.24. The Hall–Kier alpha value is 0.210. The van der Waals surface area contributed by atoms with Crippen LogP contribution in [0.2, 0.25) is 0 Å². The molecule has 0 aromatic rings. The van der Waals surface area contributed by atoms with Crippen molar-refractivity contribution in [2.24, 2.45) is 0 Å². The second-order valence-corrected chi connectivity index (χ2v) is 1.46. The van der Waals surface area contributed by atoms with Gasteiger partial charge >= 0.3 is 35.5 Å². The van der Waals surface area contributed by atoms with Crippen LogP contribution in [-0.4, -0.2) is 41.6 Å². The molecule has 0 spiro atoms. The van der Waals surface area contributed by atoms with Gasteiger partial charge in [0.15, 0.2) is 0 Å². The molecule has 0 saturated heterocycles. The van der Waals surface area contributed by atoms with Gasteiger partial charge in [0, 0.05) is 6.92 Å². The summed E-state index contributed by atoms with van der Waals surface area (Å²) < 4.78 is 4.61. The van der Waals surface area contributed by atoms with Crippen LogP contribution < -0.4 is 0 Å². The molecule has 2 nitrogen and oxygen atoms in total. The average Bonchev–Trinajstić information content (AvgIpc) is 2.17.